The summed E-state index contributed by atoms with van der Waals surface area (Å²) >= 11 is 8.74. The Hall–Kier alpha value is -2.29. The Morgan fingerprint density at radius 3 is 2.67 bits per heavy atom. The van der Waals surface area contributed by atoms with Gasteiger partial charge < -0.3 is 4.42 Å². The lowest BCUT2D eigenvalue weighted by molar-refractivity contribution is -0.114. The molecule has 0 unspecified atom stereocenters. The molecule has 9 heteroatoms. The summed E-state index contributed by atoms with van der Waals surface area (Å²) in [5, 5.41) is 17.2. The fourth-order valence-corrected chi connectivity index (χ4v) is 5.10. The van der Waals surface area contributed by atoms with Crippen molar-refractivity contribution in [1.29, 1.82) is 5.41 Å². The van der Waals surface area contributed by atoms with E-state index in [2.05, 4.69) is 23.9 Å². The van der Waals surface area contributed by atoms with Gasteiger partial charge in [0.05, 0.1) is 5.57 Å². The molecule has 4 rings (SSSR count). The molecular formula is C21H19ClN4O2S2. The van der Waals surface area contributed by atoms with Gasteiger partial charge in [-0.2, -0.15) is 15.1 Å². The topological polar surface area (TPSA) is 82.0 Å². The zero-order chi connectivity index (χ0) is 21.3. The van der Waals surface area contributed by atoms with Gasteiger partial charge in [0.15, 0.2) is 10.9 Å². The Balaban J connectivity index is 1.55. The number of hydrazone groups is 1. The minimum absolute atomic E-state index is 0.0155. The van der Waals surface area contributed by atoms with Crippen molar-refractivity contribution in [2.75, 3.05) is 0 Å². The number of hydrogen-bond donors (Lipinski definition) is 1. The van der Waals surface area contributed by atoms with E-state index >= 15 is 0 Å². The number of fused-ring (bicyclic) bond motifs is 1. The molecule has 154 valence electrons. The van der Waals surface area contributed by atoms with Crippen molar-refractivity contribution in [2.24, 2.45) is 16.0 Å². The van der Waals surface area contributed by atoms with Crippen molar-refractivity contribution in [3.05, 3.63) is 52.8 Å². The maximum Gasteiger partial charge on any atom is 0.283 e. The third-order valence-electron chi connectivity index (χ3n) is 4.73. The standard InChI is InChI=1S/C21H19ClN4O2S2/c1-3-12(4-2)20-25-26-18(23)16(19(27)24-21(26)30-20)11-14-7-10-17(28-14)29-15-8-5-13(22)6-9-15/h5-12,23H,3-4H2,1-2H3. The van der Waals surface area contributed by atoms with E-state index in [1.54, 1.807) is 12.1 Å². The van der Waals surface area contributed by atoms with E-state index in [9.17, 15) is 4.79 Å². The number of benzene rings is 1. The van der Waals surface area contributed by atoms with Crippen LogP contribution >= 0.6 is 35.1 Å². The zero-order valence-corrected chi connectivity index (χ0v) is 18.8. The Labute approximate surface area is 188 Å². The van der Waals surface area contributed by atoms with Gasteiger partial charge in [0.2, 0.25) is 5.17 Å². The highest BCUT2D eigenvalue weighted by Crippen LogP contribution is 2.34. The number of amidine groups is 2. The largest absolute Gasteiger partial charge is 0.450 e. The molecule has 2 aliphatic rings. The van der Waals surface area contributed by atoms with E-state index in [0.29, 0.717) is 27.0 Å². The first kappa shape index (κ1) is 21.0. The number of amides is 1. The molecule has 2 aliphatic heterocycles. The molecule has 0 radical (unpaired) electrons. The molecule has 2 aromatic rings. The van der Waals surface area contributed by atoms with Crippen molar-refractivity contribution in [1.82, 2.24) is 5.01 Å². The third-order valence-corrected chi connectivity index (χ3v) is 6.98. The maximum atomic E-state index is 12.6. The van der Waals surface area contributed by atoms with Gasteiger partial charge in [-0.15, -0.1) is 0 Å². The fraction of sp³-hybridized carbons (Fsp3) is 0.238. The molecule has 3 heterocycles. The summed E-state index contributed by atoms with van der Waals surface area (Å²) in [5.41, 5.74) is 0.159. The van der Waals surface area contributed by atoms with Gasteiger partial charge in [0.1, 0.15) is 10.8 Å². The first-order chi connectivity index (χ1) is 14.5. The molecule has 0 saturated carbocycles. The van der Waals surface area contributed by atoms with Crippen LogP contribution < -0.4 is 0 Å². The fourth-order valence-electron chi connectivity index (χ4n) is 3.04. The summed E-state index contributed by atoms with van der Waals surface area (Å²) in [6, 6.07) is 11.0. The molecule has 1 aromatic carbocycles. The van der Waals surface area contributed by atoms with E-state index in [0.717, 1.165) is 22.8 Å². The van der Waals surface area contributed by atoms with E-state index in [4.69, 9.17) is 21.4 Å². The van der Waals surface area contributed by atoms with Crippen LogP contribution in [0, 0.1) is 11.3 Å². The monoisotopic (exact) mass is 458 g/mol. The molecule has 0 aliphatic carbocycles. The van der Waals surface area contributed by atoms with E-state index in [1.165, 1.54) is 28.5 Å². The molecule has 1 N–H and O–H groups in total. The van der Waals surface area contributed by atoms with Crippen LogP contribution in [0.25, 0.3) is 6.08 Å². The first-order valence-corrected chi connectivity index (χ1v) is 11.5. The van der Waals surface area contributed by atoms with E-state index in [1.807, 2.05) is 30.3 Å². The van der Waals surface area contributed by atoms with Crippen LogP contribution in [-0.4, -0.2) is 27.0 Å². The number of halogens is 1. The number of nitrogens with one attached hydrogen (secondary N) is 1. The molecule has 30 heavy (non-hydrogen) atoms. The normalized spacial score (nSPS) is 17.6. The van der Waals surface area contributed by atoms with Crippen LogP contribution in [0.2, 0.25) is 5.02 Å². The number of carbonyl (C=O) groups is 1. The third kappa shape index (κ3) is 4.26. The van der Waals surface area contributed by atoms with Crippen molar-refractivity contribution < 1.29 is 9.21 Å². The smallest absolute Gasteiger partial charge is 0.283 e. The van der Waals surface area contributed by atoms with Crippen molar-refractivity contribution in [3.8, 4) is 0 Å². The van der Waals surface area contributed by atoms with Gasteiger partial charge in [0, 0.05) is 15.8 Å². The molecule has 0 fully saturated rings. The number of nitrogens with zero attached hydrogens (tertiary/aromatic N) is 3. The molecule has 0 bridgehead atoms. The predicted molar refractivity (Wildman–Crippen MR) is 123 cm³/mol. The summed E-state index contributed by atoms with van der Waals surface area (Å²) < 4.78 is 5.82. The highest BCUT2D eigenvalue weighted by Gasteiger charge is 2.37. The van der Waals surface area contributed by atoms with Gasteiger partial charge in [0.25, 0.3) is 5.91 Å². The molecule has 1 aromatic heterocycles. The lowest BCUT2D eigenvalue weighted by Crippen LogP contribution is -2.35. The lowest BCUT2D eigenvalue weighted by atomic mass is 10.1. The van der Waals surface area contributed by atoms with Crippen LogP contribution in [0.15, 0.2) is 66.5 Å². The number of thioether (sulfide) groups is 1. The summed E-state index contributed by atoms with van der Waals surface area (Å²) in [4.78, 5) is 17.7. The van der Waals surface area contributed by atoms with Crippen molar-refractivity contribution >= 4 is 63.2 Å². The number of rotatable bonds is 6. The Morgan fingerprint density at radius 2 is 1.97 bits per heavy atom. The number of furan rings is 1. The minimum atomic E-state index is -0.456. The quantitative estimate of drug-likeness (QED) is 0.525. The van der Waals surface area contributed by atoms with Crippen molar-refractivity contribution in [2.45, 2.75) is 36.7 Å². The number of carbonyl (C=O) groups excluding carboxylic acids is 1. The van der Waals surface area contributed by atoms with Gasteiger partial charge in [-0.25, -0.2) is 0 Å². The number of hydrogen-bond acceptors (Lipinski definition) is 6. The minimum Gasteiger partial charge on any atom is -0.450 e. The van der Waals surface area contributed by atoms with Gasteiger partial charge in [-0.3, -0.25) is 10.2 Å². The molecule has 0 spiro atoms. The second-order valence-corrected chi connectivity index (χ2v) is 9.19. The number of aliphatic imine (C=N–C) groups is 1. The van der Waals surface area contributed by atoms with Crippen LogP contribution in [0.3, 0.4) is 0 Å². The first-order valence-electron chi connectivity index (χ1n) is 9.51. The lowest BCUT2D eigenvalue weighted by Gasteiger charge is -2.19. The predicted octanol–water partition coefficient (Wildman–Crippen LogP) is 6.14. The molecule has 0 atom stereocenters. The summed E-state index contributed by atoms with van der Waals surface area (Å²) in [5.74, 6) is 0.343. The Bertz CT molecular complexity index is 1080. The van der Waals surface area contributed by atoms with Gasteiger partial charge in [-0.05, 0) is 67.1 Å². The van der Waals surface area contributed by atoms with Crippen LogP contribution in [-0.2, 0) is 4.79 Å². The SMILES string of the molecule is CCC(CC)C1=NN2C(=N)C(=Cc3ccc(Sc4ccc(Cl)cc4)o3)C(=O)N=C2S1. The summed E-state index contributed by atoms with van der Waals surface area (Å²) in [6.07, 6.45) is 3.45. The highest BCUT2D eigenvalue weighted by atomic mass is 35.5. The van der Waals surface area contributed by atoms with Gasteiger partial charge in [-0.1, -0.05) is 37.2 Å². The van der Waals surface area contributed by atoms with E-state index in [-0.39, 0.29) is 11.4 Å². The second-order valence-electron chi connectivity index (χ2n) is 6.68. The van der Waals surface area contributed by atoms with Crippen LogP contribution in [0.4, 0.5) is 0 Å². The maximum absolute atomic E-state index is 12.6. The van der Waals surface area contributed by atoms with E-state index < -0.39 is 5.91 Å². The second kappa shape index (κ2) is 8.83. The Kier molecular flexibility index (Phi) is 6.17. The summed E-state index contributed by atoms with van der Waals surface area (Å²) in [6.45, 7) is 4.21. The molecule has 1 amide bonds. The average molecular weight is 459 g/mol. The highest BCUT2D eigenvalue weighted by molar-refractivity contribution is 8.27. The summed E-state index contributed by atoms with van der Waals surface area (Å²) in [7, 11) is 0. The zero-order valence-electron chi connectivity index (χ0n) is 16.4. The Morgan fingerprint density at radius 1 is 1.23 bits per heavy atom. The molecular weight excluding hydrogens is 440 g/mol. The van der Waals surface area contributed by atoms with Crippen LogP contribution in [0.1, 0.15) is 32.4 Å². The van der Waals surface area contributed by atoms with Gasteiger partial charge >= 0.3 is 0 Å². The van der Waals surface area contributed by atoms with Crippen LogP contribution in [0.5, 0.6) is 0 Å². The molecule has 0 saturated heterocycles. The molecule has 6 nitrogen and oxygen atoms in total. The average Bonchev–Trinajstić information content (AvgIpc) is 3.35. The van der Waals surface area contributed by atoms with Crippen molar-refractivity contribution in [3.63, 3.8) is 0 Å².